The smallest absolute Gasteiger partial charge is 0.270 e. The predicted molar refractivity (Wildman–Crippen MR) is 114 cm³/mol. The van der Waals surface area contributed by atoms with Crippen LogP contribution >= 0.6 is 0 Å². The minimum Gasteiger partial charge on any atom is -0.351 e. The van der Waals surface area contributed by atoms with Gasteiger partial charge in [-0.15, -0.1) is 0 Å². The molecule has 3 heterocycles. The van der Waals surface area contributed by atoms with Crippen LogP contribution in [0, 0.1) is 12.8 Å². The number of hydrogen-bond acceptors (Lipinski definition) is 2. The molecule has 1 aromatic heterocycles. The topological polar surface area (TPSA) is 56.4 Å². The third kappa shape index (κ3) is 3.20. The van der Waals surface area contributed by atoms with E-state index in [2.05, 4.69) is 23.2 Å². The van der Waals surface area contributed by atoms with E-state index in [1.54, 1.807) is 0 Å². The van der Waals surface area contributed by atoms with E-state index < -0.39 is 0 Å². The Labute approximate surface area is 170 Å². The van der Waals surface area contributed by atoms with Gasteiger partial charge < -0.3 is 14.8 Å². The van der Waals surface area contributed by atoms with Crippen LogP contribution in [0.25, 0.3) is 10.9 Å². The lowest BCUT2D eigenvalue weighted by atomic mass is 9.95. The molecule has 0 unspecified atom stereocenters. The first kappa shape index (κ1) is 18.0. The molecule has 0 bridgehead atoms. The fraction of sp³-hybridized carbons (Fsp3) is 0.333. The molecule has 5 nitrogen and oxygen atoms in total. The van der Waals surface area contributed by atoms with Crippen LogP contribution in [0.4, 0.5) is 5.69 Å². The summed E-state index contributed by atoms with van der Waals surface area (Å²) < 4.78 is 0. The molecule has 3 aromatic rings. The van der Waals surface area contributed by atoms with Crippen LogP contribution in [0.3, 0.4) is 0 Å². The number of likely N-dealkylation sites (tertiary alicyclic amines) is 1. The molecule has 1 saturated heterocycles. The zero-order chi connectivity index (χ0) is 20.0. The van der Waals surface area contributed by atoms with E-state index in [1.165, 1.54) is 11.1 Å². The van der Waals surface area contributed by atoms with Crippen LogP contribution in [0.1, 0.15) is 34.5 Å². The molecule has 0 spiro atoms. The number of aromatic amines is 1. The van der Waals surface area contributed by atoms with Gasteiger partial charge in [0, 0.05) is 42.1 Å². The van der Waals surface area contributed by atoms with Crippen molar-refractivity contribution < 1.29 is 9.59 Å². The summed E-state index contributed by atoms with van der Waals surface area (Å²) in [7, 11) is 0. The average Bonchev–Trinajstić information content (AvgIpc) is 3.36. The van der Waals surface area contributed by atoms with Crippen molar-refractivity contribution in [3.8, 4) is 0 Å². The molecule has 148 valence electrons. The SMILES string of the molecule is Cc1ccc2cc(C(=O)N3CCC(C(=O)N4CCc5ccccc54)CC3)[nH]c2c1. The Morgan fingerprint density at radius 3 is 2.62 bits per heavy atom. The maximum absolute atomic E-state index is 13.1. The fourth-order valence-corrected chi connectivity index (χ4v) is 4.64. The number of para-hydroxylation sites is 1. The average molecular weight is 387 g/mol. The van der Waals surface area contributed by atoms with E-state index in [9.17, 15) is 9.59 Å². The summed E-state index contributed by atoms with van der Waals surface area (Å²) in [4.78, 5) is 33.1. The molecule has 1 N–H and O–H groups in total. The normalized spacial score (nSPS) is 17.0. The highest BCUT2D eigenvalue weighted by molar-refractivity contribution is 5.99. The third-order valence-corrected chi connectivity index (χ3v) is 6.29. The maximum Gasteiger partial charge on any atom is 0.270 e. The van der Waals surface area contributed by atoms with E-state index in [-0.39, 0.29) is 17.7 Å². The Morgan fingerprint density at radius 2 is 1.79 bits per heavy atom. The van der Waals surface area contributed by atoms with Crippen molar-refractivity contribution in [2.75, 3.05) is 24.5 Å². The number of aromatic nitrogens is 1. The Morgan fingerprint density at radius 1 is 1.00 bits per heavy atom. The molecular weight excluding hydrogens is 362 g/mol. The standard InChI is InChI=1S/C24H25N3O2/c1-16-6-7-19-15-21(25-20(19)14-16)24(29)26-11-8-18(9-12-26)23(28)27-13-10-17-4-2-3-5-22(17)27/h2-7,14-15,18,25H,8-13H2,1H3. The number of H-pyrrole nitrogens is 1. The van der Waals surface area contributed by atoms with Gasteiger partial charge in [-0.2, -0.15) is 0 Å². The van der Waals surface area contributed by atoms with Gasteiger partial charge in [-0.25, -0.2) is 0 Å². The molecule has 5 heteroatoms. The number of rotatable bonds is 2. The molecule has 2 aliphatic heterocycles. The van der Waals surface area contributed by atoms with Gasteiger partial charge in [0.2, 0.25) is 5.91 Å². The third-order valence-electron chi connectivity index (χ3n) is 6.29. The number of nitrogens with one attached hydrogen (secondary N) is 1. The van der Waals surface area contributed by atoms with Crippen molar-refractivity contribution in [2.45, 2.75) is 26.2 Å². The van der Waals surface area contributed by atoms with Gasteiger partial charge >= 0.3 is 0 Å². The largest absolute Gasteiger partial charge is 0.351 e. The lowest BCUT2D eigenvalue weighted by Crippen LogP contribution is -2.44. The molecule has 0 radical (unpaired) electrons. The zero-order valence-corrected chi connectivity index (χ0v) is 16.6. The molecule has 0 atom stereocenters. The highest BCUT2D eigenvalue weighted by atomic mass is 16.2. The van der Waals surface area contributed by atoms with Gasteiger partial charge in [-0.3, -0.25) is 9.59 Å². The molecule has 29 heavy (non-hydrogen) atoms. The number of carbonyl (C=O) groups excluding carboxylic acids is 2. The van der Waals surface area contributed by atoms with Crippen molar-refractivity contribution in [1.82, 2.24) is 9.88 Å². The van der Waals surface area contributed by atoms with Crippen molar-refractivity contribution in [3.63, 3.8) is 0 Å². The van der Waals surface area contributed by atoms with E-state index in [4.69, 9.17) is 0 Å². The summed E-state index contributed by atoms with van der Waals surface area (Å²) in [5.74, 6) is 0.231. The molecule has 1 fully saturated rings. The number of benzene rings is 2. The fourth-order valence-electron chi connectivity index (χ4n) is 4.64. The van der Waals surface area contributed by atoms with E-state index in [0.29, 0.717) is 18.8 Å². The van der Waals surface area contributed by atoms with Crippen molar-refractivity contribution in [1.29, 1.82) is 0 Å². The van der Waals surface area contributed by atoms with Gasteiger partial charge in [0.25, 0.3) is 5.91 Å². The van der Waals surface area contributed by atoms with Gasteiger partial charge in [-0.1, -0.05) is 30.3 Å². The highest BCUT2D eigenvalue weighted by Crippen LogP contribution is 2.31. The van der Waals surface area contributed by atoms with Crippen molar-refractivity contribution in [2.24, 2.45) is 5.92 Å². The van der Waals surface area contributed by atoms with Gasteiger partial charge in [0.1, 0.15) is 5.69 Å². The molecule has 2 aromatic carbocycles. The minimum atomic E-state index is -0.00410. The van der Waals surface area contributed by atoms with E-state index >= 15 is 0 Å². The van der Waals surface area contributed by atoms with Crippen LogP contribution in [0.2, 0.25) is 0 Å². The first-order chi connectivity index (χ1) is 14.1. The number of aryl methyl sites for hydroxylation is 1. The van der Waals surface area contributed by atoms with Gasteiger partial charge in [0.05, 0.1) is 0 Å². The summed E-state index contributed by atoms with van der Waals surface area (Å²) in [5.41, 5.74) is 5.10. The maximum atomic E-state index is 13.1. The second-order valence-corrected chi connectivity index (χ2v) is 8.21. The van der Waals surface area contributed by atoms with Crippen LogP contribution in [0.15, 0.2) is 48.5 Å². The second kappa shape index (κ2) is 7.07. The molecule has 0 aliphatic carbocycles. The van der Waals surface area contributed by atoms with Gasteiger partial charge in [-0.05, 0) is 55.5 Å². The zero-order valence-electron chi connectivity index (χ0n) is 16.6. The number of amides is 2. The Balaban J connectivity index is 1.25. The van der Waals surface area contributed by atoms with Crippen LogP contribution in [0.5, 0.6) is 0 Å². The van der Waals surface area contributed by atoms with Crippen LogP contribution in [-0.4, -0.2) is 41.3 Å². The number of anilines is 1. The Hall–Kier alpha value is -3.08. The van der Waals surface area contributed by atoms with Crippen LogP contribution in [-0.2, 0) is 11.2 Å². The second-order valence-electron chi connectivity index (χ2n) is 8.21. The lowest BCUT2D eigenvalue weighted by molar-refractivity contribution is -0.123. The predicted octanol–water partition coefficient (Wildman–Crippen LogP) is 3.92. The van der Waals surface area contributed by atoms with E-state index in [0.717, 1.165) is 42.4 Å². The summed E-state index contributed by atoms with van der Waals surface area (Å²) >= 11 is 0. The quantitative estimate of drug-likeness (QED) is 0.725. The Kier molecular flexibility index (Phi) is 4.38. The summed E-state index contributed by atoms with van der Waals surface area (Å²) in [6.07, 6.45) is 2.38. The highest BCUT2D eigenvalue weighted by Gasteiger charge is 2.33. The number of piperidine rings is 1. The summed E-state index contributed by atoms with van der Waals surface area (Å²) in [5, 5.41) is 1.05. The van der Waals surface area contributed by atoms with E-state index in [1.807, 2.05) is 47.1 Å². The molecule has 2 aliphatic rings. The monoisotopic (exact) mass is 387 g/mol. The molecule has 5 rings (SSSR count). The minimum absolute atomic E-state index is 0.00410. The first-order valence-electron chi connectivity index (χ1n) is 10.4. The lowest BCUT2D eigenvalue weighted by Gasteiger charge is -2.33. The number of nitrogens with zero attached hydrogens (tertiary/aromatic N) is 2. The van der Waals surface area contributed by atoms with Crippen LogP contribution < -0.4 is 4.90 Å². The molecular formula is C24H25N3O2. The van der Waals surface area contributed by atoms with Crippen molar-refractivity contribution >= 4 is 28.4 Å². The Bertz CT molecular complexity index is 1090. The summed E-state index contributed by atoms with van der Waals surface area (Å²) in [6, 6.07) is 16.2. The molecule has 0 saturated carbocycles. The van der Waals surface area contributed by atoms with Crippen molar-refractivity contribution in [3.05, 3.63) is 65.4 Å². The number of hydrogen-bond donors (Lipinski definition) is 1. The summed E-state index contributed by atoms with van der Waals surface area (Å²) in [6.45, 7) is 4.06. The number of carbonyl (C=O) groups is 2. The molecule has 2 amide bonds. The number of fused-ring (bicyclic) bond motifs is 2. The first-order valence-corrected chi connectivity index (χ1v) is 10.4. The van der Waals surface area contributed by atoms with Gasteiger partial charge in [0.15, 0.2) is 0 Å².